The minimum Gasteiger partial charge on any atom is -0.334 e. The maximum Gasteiger partial charge on any atom is 0.108 e. The molecule has 1 aromatic heterocycles. The second kappa shape index (κ2) is 7.56. The standard InChI is InChI=1S/C18H26N4/c1-2-18-19-8-9-22(18)15-14-20-10-12-21(13-11-20)16-17-6-4-3-5-7-17/h3-9H,2,10-16H2,1H3. The van der Waals surface area contributed by atoms with Gasteiger partial charge in [-0.2, -0.15) is 0 Å². The molecule has 0 spiro atoms. The van der Waals surface area contributed by atoms with Crippen molar-refractivity contribution in [3.63, 3.8) is 0 Å². The maximum atomic E-state index is 4.39. The van der Waals surface area contributed by atoms with Gasteiger partial charge in [-0.25, -0.2) is 4.98 Å². The summed E-state index contributed by atoms with van der Waals surface area (Å²) in [5, 5.41) is 0. The highest BCUT2D eigenvalue weighted by molar-refractivity contribution is 5.14. The molecule has 1 saturated heterocycles. The lowest BCUT2D eigenvalue weighted by Gasteiger charge is -2.34. The molecule has 0 N–H and O–H groups in total. The van der Waals surface area contributed by atoms with Crippen molar-refractivity contribution in [3.8, 4) is 0 Å². The molecular formula is C18H26N4. The van der Waals surface area contributed by atoms with E-state index in [1.54, 1.807) is 0 Å². The topological polar surface area (TPSA) is 24.3 Å². The molecule has 118 valence electrons. The number of aryl methyl sites for hydroxylation is 1. The van der Waals surface area contributed by atoms with Gasteiger partial charge >= 0.3 is 0 Å². The van der Waals surface area contributed by atoms with E-state index in [1.807, 2.05) is 6.20 Å². The van der Waals surface area contributed by atoms with E-state index in [2.05, 4.69) is 62.8 Å². The van der Waals surface area contributed by atoms with Crippen LogP contribution in [-0.2, 0) is 19.5 Å². The fourth-order valence-electron chi connectivity index (χ4n) is 3.12. The quantitative estimate of drug-likeness (QED) is 0.817. The van der Waals surface area contributed by atoms with Crippen molar-refractivity contribution in [2.24, 2.45) is 0 Å². The summed E-state index contributed by atoms with van der Waals surface area (Å²) in [6.07, 6.45) is 5.03. The summed E-state index contributed by atoms with van der Waals surface area (Å²) in [6.45, 7) is 10.1. The van der Waals surface area contributed by atoms with Crippen LogP contribution < -0.4 is 0 Å². The first kappa shape index (κ1) is 15.3. The summed E-state index contributed by atoms with van der Waals surface area (Å²) in [5.41, 5.74) is 1.42. The van der Waals surface area contributed by atoms with Crippen LogP contribution in [0.5, 0.6) is 0 Å². The van der Waals surface area contributed by atoms with Crippen molar-refractivity contribution in [1.82, 2.24) is 19.4 Å². The highest BCUT2D eigenvalue weighted by Crippen LogP contribution is 2.09. The molecule has 0 saturated carbocycles. The molecule has 3 rings (SSSR count). The average molecular weight is 298 g/mol. The summed E-state index contributed by atoms with van der Waals surface area (Å²) in [5.74, 6) is 1.20. The van der Waals surface area contributed by atoms with Gasteiger partial charge in [-0.15, -0.1) is 0 Å². The molecule has 2 aromatic rings. The van der Waals surface area contributed by atoms with Crippen molar-refractivity contribution in [2.45, 2.75) is 26.4 Å². The highest BCUT2D eigenvalue weighted by Gasteiger charge is 2.16. The van der Waals surface area contributed by atoms with Gasteiger partial charge in [0.2, 0.25) is 0 Å². The molecular weight excluding hydrogens is 272 g/mol. The van der Waals surface area contributed by atoms with E-state index in [1.165, 1.54) is 37.6 Å². The normalized spacial score (nSPS) is 17.0. The Balaban J connectivity index is 1.42. The van der Waals surface area contributed by atoms with Crippen LogP contribution in [-0.4, -0.2) is 52.1 Å². The predicted octanol–water partition coefficient (Wildman–Crippen LogP) is 2.26. The number of hydrogen-bond acceptors (Lipinski definition) is 3. The molecule has 4 nitrogen and oxygen atoms in total. The molecule has 0 unspecified atom stereocenters. The highest BCUT2D eigenvalue weighted by atomic mass is 15.3. The zero-order valence-electron chi connectivity index (χ0n) is 13.5. The summed E-state index contributed by atoms with van der Waals surface area (Å²) < 4.78 is 2.29. The molecule has 1 aliphatic heterocycles. The van der Waals surface area contributed by atoms with Gasteiger partial charge in [0, 0.05) is 64.6 Å². The largest absolute Gasteiger partial charge is 0.334 e. The minimum atomic E-state index is 1.01. The number of aromatic nitrogens is 2. The van der Waals surface area contributed by atoms with E-state index in [-0.39, 0.29) is 0 Å². The smallest absolute Gasteiger partial charge is 0.108 e. The third kappa shape index (κ3) is 3.96. The number of benzene rings is 1. The van der Waals surface area contributed by atoms with E-state index in [0.717, 1.165) is 26.1 Å². The molecule has 4 heteroatoms. The van der Waals surface area contributed by atoms with Crippen LogP contribution in [0.3, 0.4) is 0 Å². The summed E-state index contributed by atoms with van der Waals surface area (Å²) in [6, 6.07) is 10.8. The van der Waals surface area contributed by atoms with Gasteiger partial charge < -0.3 is 4.57 Å². The van der Waals surface area contributed by atoms with Crippen molar-refractivity contribution in [3.05, 3.63) is 54.1 Å². The van der Waals surface area contributed by atoms with Crippen LogP contribution in [0.15, 0.2) is 42.7 Å². The molecule has 22 heavy (non-hydrogen) atoms. The molecule has 0 atom stereocenters. The van der Waals surface area contributed by atoms with Gasteiger partial charge in [0.05, 0.1) is 0 Å². The Kier molecular flexibility index (Phi) is 5.24. The molecule has 2 heterocycles. The van der Waals surface area contributed by atoms with E-state index in [0.29, 0.717) is 0 Å². The molecule has 1 fully saturated rings. The van der Waals surface area contributed by atoms with Crippen LogP contribution in [0.1, 0.15) is 18.3 Å². The second-order valence-corrected chi connectivity index (χ2v) is 5.99. The monoisotopic (exact) mass is 298 g/mol. The van der Waals surface area contributed by atoms with Gasteiger partial charge in [-0.3, -0.25) is 9.80 Å². The molecule has 0 bridgehead atoms. The Hall–Kier alpha value is -1.65. The number of rotatable bonds is 6. The lowest BCUT2D eigenvalue weighted by molar-refractivity contribution is 0.124. The molecule has 0 amide bonds. The van der Waals surface area contributed by atoms with E-state index < -0.39 is 0 Å². The Labute approximate surface area is 133 Å². The first-order valence-corrected chi connectivity index (χ1v) is 8.34. The van der Waals surface area contributed by atoms with E-state index >= 15 is 0 Å². The molecule has 0 radical (unpaired) electrons. The number of hydrogen-bond donors (Lipinski definition) is 0. The van der Waals surface area contributed by atoms with Crippen molar-refractivity contribution < 1.29 is 0 Å². The van der Waals surface area contributed by atoms with Crippen LogP contribution in [0.2, 0.25) is 0 Å². The number of piperazine rings is 1. The van der Waals surface area contributed by atoms with E-state index in [9.17, 15) is 0 Å². The zero-order valence-corrected chi connectivity index (χ0v) is 13.5. The Bertz CT molecular complexity index is 555. The fourth-order valence-corrected chi connectivity index (χ4v) is 3.12. The third-order valence-electron chi connectivity index (χ3n) is 4.49. The predicted molar refractivity (Wildman–Crippen MR) is 89.8 cm³/mol. The second-order valence-electron chi connectivity index (χ2n) is 5.99. The lowest BCUT2D eigenvalue weighted by Crippen LogP contribution is -2.46. The Morgan fingerprint density at radius 3 is 2.41 bits per heavy atom. The average Bonchev–Trinajstić information content (AvgIpc) is 3.03. The first-order valence-electron chi connectivity index (χ1n) is 8.34. The molecule has 1 aliphatic rings. The van der Waals surface area contributed by atoms with E-state index in [4.69, 9.17) is 0 Å². The van der Waals surface area contributed by atoms with Crippen LogP contribution >= 0.6 is 0 Å². The fraction of sp³-hybridized carbons (Fsp3) is 0.500. The van der Waals surface area contributed by atoms with Crippen molar-refractivity contribution in [2.75, 3.05) is 32.7 Å². The zero-order chi connectivity index (χ0) is 15.2. The van der Waals surface area contributed by atoms with Gasteiger partial charge in [0.25, 0.3) is 0 Å². The molecule has 0 aliphatic carbocycles. The third-order valence-corrected chi connectivity index (χ3v) is 4.49. The van der Waals surface area contributed by atoms with Crippen LogP contribution in [0.25, 0.3) is 0 Å². The minimum absolute atomic E-state index is 1.01. The Morgan fingerprint density at radius 1 is 0.955 bits per heavy atom. The SMILES string of the molecule is CCc1nccn1CCN1CCN(Cc2ccccc2)CC1. The van der Waals surface area contributed by atoms with Gasteiger partial charge in [-0.1, -0.05) is 37.3 Å². The number of imidazole rings is 1. The van der Waals surface area contributed by atoms with Crippen LogP contribution in [0.4, 0.5) is 0 Å². The molecule has 1 aromatic carbocycles. The van der Waals surface area contributed by atoms with Crippen LogP contribution in [0, 0.1) is 0 Å². The van der Waals surface area contributed by atoms with Gasteiger partial charge in [0.1, 0.15) is 5.82 Å². The number of nitrogens with zero attached hydrogens (tertiary/aromatic N) is 4. The van der Waals surface area contributed by atoms with Crippen molar-refractivity contribution >= 4 is 0 Å². The van der Waals surface area contributed by atoms with Gasteiger partial charge in [0.15, 0.2) is 0 Å². The summed E-state index contributed by atoms with van der Waals surface area (Å²) in [4.78, 5) is 9.52. The summed E-state index contributed by atoms with van der Waals surface area (Å²) in [7, 11) is 0. The summed E-state index contributed by atoms with van der Waals surface area (Å²) >= 11 is 0. The Morgan fingerprint density at radius 2 is 1.68 bits per heavy atom. The van der Waals surface area contributed by atoms with Crippen molar-refractivity contribution in [1.29, 1.82) is 0 Å². The maximum absolute atomic E-state index is 4.39. The van der Waals surface area contributed by atoms with Gasteiger partial charge in [-0.05, 0) is 5.56 Å². The first-order chi connectivity index (χ1) is 10.8. The lowest BCUT2D eigenvalue weighted by atomic mass is 10.2.